The van der Waals surface area contributed by atoms with Crippen LogP contribution in [-0.2, 0) is 11.2 Å². The van der Waals surface area contributed by atoms with Crippen LogP contribution in [0.4, 0.5) is 10.1 Å². The zero-order valence-corrected chi connectivity index (χ0v) is 16.4. The molecular weight excluding hydrogens is 377 g/mol. The molecule has 1 heterocycles. The van der Waals surface area contributed by atoms with Crippen LogP contribution in [0.25, 0.3) is 10.6 Å². The van der Waals surface area contributed by atoms with Gasteiger partial charge in [0.2, 0.25) is 5.91 Å². The normalized spacial score (nSPS) is 10.5. The van der Waals surface area contributed by atoms with Gasteiger partial charge in [0.1, 0.15) is 16.5 Å². The second-order valence-electron chi connectivity index (χ2n) is 6.28. The number of carbonyl (C=O) groups is 2. The topological polar surface area (TPSA) is 71.1 Å². The summed E-state index contributed by atoms with van der Waals surface area (Å²) < 4.78 is 13.7. The van der Waals surface area contributed by atoms with Gasteiger partial charge < -0.3 is 10.6 Å². The second kappa shape index (κ2) is 8.75. The molecule has 0 saturated carbocycles. The van der Waals surface area contributed by atoms with Gasteiger partial charge in [-0.25, -0.2) is 9.37 Å². The SMILES string of the molecule is CC(=O)Nc1cccc(-c2nc(C(=O)NCCc3ccccc3F)c(C)s2)c1. The Balaban J connectivity index is 1.69. The zero-order chi connectivity index (χ0) is 20.1. The minimum atomic E-state index is -0.283. The molecule has 1 aromatic heterocycles. The lowest BCUT2D eigenvalue weighted by atomic mass is 10.1. The number of hydrogen-bond acceptors (Lipinski definition) is 4. The van der Waals surface area contributed by atoms with Crippen LogP contribution in [0.3, 0.4) is 0 Å². The van der Waals surface area contributed by atoms with Crippen molar-refractivity contribution in [2.24, 2.45) is 0 Å². The van der Waals surface area contributed by atoms with Gasteiger partial charge in [0.25, 0.3) is 5.91 Å². The molecule has 3 aromatic rings. The van der Waals surface area contributed by atoms with E-state index in [0.717, 1.165) is 10.4 Å². The molecule has 0 aliphatic rings. The quantitative estimate of drug-likeness (QED) is 0.655. The van der Waals surface area contributed by atoms with E-state index >= 15 is 0 Å². The molecule has 0 spiro atoms. The van der Waals surface area contributed by atoms with Crippen LogP contribution in [0.1, 0.15) is 27.9 Å². The molecule has 0 fully saturated rings. The summed E-state index contributed by atoms with van der Waals surface area (Å²) in [4.78, 5) is 29.0. The van der Waals surface area contributed by atoms with Gasteiger partial charge in [-0.05, 0) is 37.1 Å². The average Bonchev–Trinajstić information content (AvgIpc) is 3.05. The highest BCUT2D eigenvalue weighted by Crippen LogP contribution is 2.29. The standard InChI is InChI=1S/C21H20FN3O2S/c1-13-19(20(27)23-11-10-15-6-3-4-9-18(15)22)25-21(28-13)16-7-5-8-17(12-16)24-14(2)26/h3-9,12H,10-11H2,1-2H3,(H,23,27)(H,24,26). The van der Waals surface area contributed by atoms with E-state index in [1.165, 1.54) is 24.3 Å². The van der Waals surface area contributed by atoms with Crippen LogP contribution in [0, 0.1) is 12.7 Å². The maximum Gasteiger partial charge on any atom is 0.271 e. The highest BCUT2D eigenvalue weighted by atomic mass is 32.1. The molecule has 144 valence electrons. The molecule has 0 atom stereocenters. The van der Waals surface area contributed by atoms with E-state index in [1.54, 1.807) is 24.3 Å². The fourth-order valence-electron chi connectivity index (χ4n) is 2.76. The lowest BCUT2D eigenvalue weighted by Gasteiger charge is -2.05. The Morgan fingerprint density at radius 2 is 1.93 bits per heavy atom. The van der Waals surface area contributed by atoms with E-state index in [2.05, 4.69) is 15.6 Å². The molecule has 0 aliphatic heterocycles. The van der Waals surface area contributed by atoms with Crippen molar-refractivity contribution in [1.29, 1.82) is 0 Å². The highest BCUT2D eigenvalue weighted by molar-refractivity contribution is 7.15. The van der Waals surface area contributed by atoms with Crippen molar-refractivity contribution in [1.82, 2.24) is 10.3 Å². The lowest BCUT2D eigenvalue weighted by molar-refractivity contribution is -0.114. The summed E-state index contributed by atoms with van der Waals surface area (Å²) in [6.07, 6.45) is 0.410. The van der Waals surface area contributed by atoms with Gasteiger partial charge in [-0.1, -0.05) is 30.3 Å². The summed E-state index contributed by atoms with van der Waals surface area (Å²) >= 11 is 1.41. The number of aryl methyl sites for hydroxylation is 1. The van der Waals surface area contributed by atoms with Crippen LogP contribution < -0.4 is 10.6 Å². The van der Waals surface area contributed by atoms with E-state index < -0.39 is 0 Å². The minimum absolute atomic E-state index is 0.151. The lowest BCUT2D eigenvalue weighted by Crippen LogP contribution is -2.26. The molecule has 2 amide bonds. The van der Waals surface area contributed by atoms with Gasteiger partial charge in [-0.15, -0.1) is 11.3 Å². The van der Waals surface area contributed by atoms with Gasteiger partial charge in [-0.2, -0.15) is 0 Å². The molecule has 0 radical (unpaired) electrons. The van der Waals surface area contributed by atoms with E-state index in [-0.39, 0.29) is 17.6 Å². The van der Waals surface area contributed by atoms with Gasteiger partial charge >= 0.3 is 0 Å². The first-order chi connectivity index (χ1) is 13.4. The number of aromatic nitrogens is 1. The van der Waals surface area contributed by atoms with E-state index in [0.29, 0.717) is 34.9 Å². The van der Waals surface area contributed by atoms with Crippen molar-refractivity contribution in [3.05, 3.63) is 70.5 Å². The van der Waals surface area contributed by atoms with Crippen LogP contribution in [0.15, 0.2) is 48.5 Å². The Kier molecular flexibility index (Phi) is 6.16. The molecule has 28 heavy (non-hydrogen) atoms. The first kappa shape index (κ1) is 19.7. The summed E-state index contributed by atoms with van der Waals surface area (Å²) in [7, 11) is 0. The third-order valence-corrected chi connectivity index (χ3v) is 5.10. The molecule has 5 nitrogen and oxygen atoms in total. The van der Waals surface area contributed by atoms with Crippen LogP contribution in [0.2, 0.25) is 0 Å². The summed E-state index contributed by atoms with van der Waals surface area (Å²) in [5.74, 6) is -0.709. The number of carbonyl (C=O) groups excluding carboxylic acids is 2. The van der Waals surface area contributed by atoms with E-state index in [1.807, 2.05) is 25.1 Å². The van der Waals surface area contributed by atoms with Gasteiger partial charge in [0.05, 0.1) is 0 Å². The third-order valence-electron chi connectivity index (χ3n) is 4.08. The van der Waals surface area contributed by atoms with Crippen LogP contribution in [0.5, 0.6) is 0 Å². The number of rotatable bonds is 6. The molecule has 0 saturated heterocycles. The number of nitrogens with zero attached hydrogens (tertiary/aromatic N) is 1. The Hall–Kier alpha value is -3.06. The summed E-state index contributed by atoms with van der Waals surface area (Å²) in [6, 6.07) is 13.8. The molecule has 0 bridgehead atoms. The smallest absolute Gasteiger partial charge is 0.271 e. The maximum absolute atomic E-state index is 13.7. The second-order valence-corrected chi connectivity index (χ2v) is 7.49. The summed E-state index contributed by atoms with van der Waals surface area (Å²) in [6.45, 7) is 3.61. The van der Waals surface area contributed by atoms with E-state index in [4.69, 9.17) is 0 Å². The Bertz CT molecular complexity index is 1020. The largest absolute Gasteiger partial charge is 0.350 e. The number of anilines is 1. The zero-order valence-electron chi connectivity index (χ0n) is 15.6. The number of hydrogen-bond donors (Lipinski definition) is 2. The Morgan fingerprint density at radius 3 is 2.68 bits per heavy atom. The third kappa shape index (κ3) is 4.80. The fraction of sp³-hybridized carbons (Fsp3) is 0.190. The van der Waals surface area contributed by atoms with Crippen molar-refractivity contribution in [3.8, 4) is 10.6 Å². The molecule has 0 unspecified atom stereocenters. The minimum Gasteiger partial charge on any atom is -0.350 e. The van der Waals surface area contributed by atoms with Gasteiger partial charge in [0.15, 0.2) is 0 Å². The fourth-order valence-corrected chi connectivity index (χ4v) is 3.67. The van der Waals surface area contributed by atoms with Crippen LogP contribution in [-0.4, -0.2) is 23.3 Å². The van der Waals surface area contributed by atoms with Gasteiger partial charge in [-0.3, -0.25) is 9.59 Å². The molecule has 2 aromatic carbocycles. The highest BCUT2D eigenvalue weighted by Gasteiger charge is 2.16. The number of amides is 2. The molecular formula is C21H20FN3O2S. The Morgan fingerprint density at radius 1 is 1.14 bits per heavy atom. The van der Waals surface area contributed by atoms with Crippen molar-refractivity contribution in [3.63, 3.8) is 0 Å². The number of halogens is 1. The van der Waals surface area contributed by atoms with Crippen LogP contribution >= 0.6 is 11.3 Å². The van der Waals surface area contributed by atoms with Crippen molar-refractivity contribution < 1.29 is 14.0 Å². The Labute approximate surface area is 166 Å². The van der Waals surface area contributed by atoms with E-state index in [9.17, 15) is 14.0 Å². The molecule has 2 N–H and O–H groups in total. The van der Waals surface area contributed by atoms with Gasteiger partial charge in [0, 0.05) is 29.6 Å². The van der Waals surface area contributed by atoms with Crippen molar-refractivity contribution >= 4 is 28.8 Å². The average molecular weight is 397 g/mol. The summed E-state index contributed by atoms with van der Waals surface area (Å²) in [5.41, 5.74) is 2.42. The molecule has 0 aliphatic carbocycles. The number of benzene rings is 2. The number of nitrogens with one attached hydrogen (secondary N) is 2. The first-order valence-corrected chi connectivity index (χ1v) is 9.63. The molecule has 3 rings (SSSR count). The van der Waals surface area contributed by atoms with Crippen molar-refractivity contribution in [2.45, 2.75) is 20.3 Å². The summed E-state index contributed by atoms with van der Waals surface area (Å²) in [5, 5.41) is 6.23. The predicted molar refractivity (Wildman–Crippen MR) is 109 cm³/mol. The molecule has 7 heteroatoms. The first-order valence-electron chi connectivity index (χ1n) is 8.81. The van der Waals surface area contributed by atoms with Crippen molar-refractivity contribution in [2.75, 3.05) is 11.9 Å². The maximum atomic E-state index is 13.7. The predicted octanol–water partition coefficient (Wildman–Crippen LogP) is 4.19. The number of thiazole rings is 1. The monoisotopic (exact) mass is 397 g/mol.